The van der Waals surface area contributed by atoms with Gasteiger partial charge in [-0.1, -0.05) is 20.3 Å². The molecule has 0 aromatic heterocycles. The summed E-state index contributed by atoms with van der Waals surface area (Å²) in [6, 6.07) is 0. The van der Waals surface area contributed by atoms with E-state index in [1.807, 2.05) is 13.8 Å². The van der Waals surface area contributed by atoms with Gasteiger partial charge in [0.25, 0.3) is 0 Å². The van der Waals surface area contributed by atoms with Gasteiger partial charge in [0, 0.05) is 41.5 Å². The van der Waals surface area contributed by atoms with Crippen LogP contribution in [0.1, 0.15) is 117 Å². The van der Waals surface area contributed by atoms with Gasteiger partial charge in [-0.05, 0) is 94.3 Å². The van der Waals surface area contributed by atoms with Gasteiger partial charge in [-0.2, -0.15) is 0 Å². The summed E-state index contributed by atoms with van der Waals surface area (Å²) in [6.45, 7) is 3.83. The highest BCUT2D eigenvalue weighted by Gasteiger charge is 2.64. The van der Waals surface area contributed by atoms with Crippen LogP contribution in [0.15, 0.2) is 0 Å². The summed E-state index contributed by atoms with van der Waals surface area (Å²) in [6.07, 6.45) is 19.7. The maximum Gasteiger partial charge on any atom is 0.184 e. The van der Waals surface area contributed by atoms with E-state index in [4.69, 9.17) is 0 Å². The molecule has 0 aliphatic heterocycles. The van der Waals surface area contributed by atoms with Crippen LogP contribution in [-0.4, -0.2) is 46.0 Å². The third-order valence-corrected chi connectivity index (χ3v) is 15.9. The Kier molecular flexibility index (Phi) is 7.77. The number of ketones is 2. The lowest BCUT2D eigenvalue weighted by Gasteiger charge is -2.37. The van der Waals surface area contributed by atoms with Crippen molar-refractivity contribution in [3.05, 3.63) is 0 Å². The van der Waals surface area contributed by atoms with Crippen molar-refractivity contribution in [2.45, 2.75) is 132 Å². The maximum atomic E-state index is 12.6. The molecule has 7 unspecified atom stereocenters. The molecule has 7 heteroatoms. The van der Waals surface area contributed by atoms with Crippen LogP contribution in [0.25, 0.3) is 0 Å². The number of fused-ring (bicyclic) bond motifs is 4. The van der Waals surface area contributed by atoms with Crippen LogP contribution in [0.5, 0.6) is 0 Å². The highest BCUT2D eigenvalue weighted by Crippen LogP contribution is 2.64. The molecule has 6 aliphatic rings. The summed E-state index contributed by atoms with van der Waals surface area (Å²) in [5.41, 5.74) is -1.22. The van der Waals surface area contributed by atoms with Crippen molar-refractivity contribution in [2.75, 3.05) is 5.75 Å². The van der Waals surface area contributed by atoms with E-state index in [1.54, 1.807) is 0 Å². The van der Waals surface area contributed by atoms with Gasteiger partial charge in [0.1, 0.15) is 16.3 Å². The van der Waals surface area contributed by atoms with Gasteiger partial charge in [-0.25, -0.2) is 8.42 Å². The molecular formula is C29H46O5S2. The molecule has 5 nitrogen and oxygen atoms in total. The fourth-order valence-corrected chi connectivity index (χ4v) is 14.8. The molecule has 7 atom stereocenters. The molecule has 4 bridgehead atoms. The predicted octanol–water partition coefficient (Wildman–Crippen LogP) is 5.56. The first kappa shape index (κ1) is 27.2. The molecule has 0 saturated heterocycles. The molecule has 0 heterocycles. The molecule has 204 valence electrons. The summed E-state index contributed by atoms with van der Waals surface area (Å²) in [5, 5.41) is 2.38. The van der Waals surface area contributed by atoms with E-state index >= 15 is 0 Å². The van der Waals surface area contributed by atoms with Crippen LogP contribution < -0.4 is 0 Å². The van der Waals surface area contributed by atoms with Crippen LogP contribution >= 0.6 is 0 Å². The van der Waals surface area contributed by atoms with Crippen LogP contribution in [0.2, 0.25) is 0 Å². The second kappa shape index (κ2) is 10.3. The van der Waals surface area contributed by atoms with E-state index in [-0.39, 0.29) is 17.1 Å². The van der Waals surface area contributed by atoms with E-state index in [9.17, 15) is 22.6 Å². The minimum atomic E-state index is -4.33. The zero-order valence-corrected chi connectivity index (χ0v) is 24.0. The average Bonchev–Trinajstić information content (AvgIpc) is 3.55. The standard InChI is InChI=1S/C19H31OS.C10H16O4S/c20-17-8-4-5-9-18(17)21(16-6-2-1-3-7-16)19-13-14-10-11-15(19)12-14;1-9(2)7-3-4-10(9,8(11)5-7)6-15(12,13)14/h14-16,18-19H,1-13H2;7H,3-6H2,1-2H3,(H,12,13,14)/q+1;/p-1. The van der Waals surface area contributed by atoms with Crippen molar-refractivity contribution in [1.29, 1.82) is 0 Å². The van der Waals surface area contributed by atoms with Crippen molar-refractivity contribution >= 4 is 32.6 Å². The molecule has 0 aromatic rings. The Morgan fingerprint density at radius 1 is 0.917 bits per heavy atom. The molecule has 6 rings (SSSR count). The largest absolute Gasteiger partial charge is 0.748 e. The Bertz CT molecular complexity index is 953. The predicted molar refractivity (Wildman–Crippen MR) is 144 cm³/mol. The summed E-state index contributed by atoms with van der Waals surface area (Å²) in [5.74, 6) is 2.43. The van der Waals surface area contributed by atoms with Crippen LogP contribution in [-0.2, 0) is 30.6 Å². The second-order valence-electron chi connectivity index (χ2n) is 13.5. The summed E-state index contributed by atoms with van der Waals surface area (Å²) < 4.78 is 32.7. The Morgan fingerprint density at radius 3 is 2.17 bits per heavy atom. The third kappa shape index (κ3) is 4.99. The lowest BCUT2D eigenvalue weighted by atomic mass is 9.70. The van der Waals surface area contributed by atoms with Gasteiger partial charge in [0.15, 0.2) is 11.0 Å². The van der Waals surface area contributed by atoms with Crippen LogP contribution in [0.3, 0.4) is 0 Å². The molecule has 6 saturated carbocycles. The molecule has 0 radical (unpaired) electrons. The minimum Gasteiger partial charge on any atom is -0.748 e. The summed E-state index contributed by atoms with van der Waals surface area (Å²) in [7, 11) is -3.88. The van der Waals surface area contributed by atoms with E-state index < -0.39 is 21.3 Å². The summed E-state index contributed by atoms with van der Waals surface area (Å²) in [4.78, 5) is 24.5. The van der Waals surface area contributed by atoms with Gasteiger partial charge >= 0.3 is 0 Å². The zero-order valence-electron chi connectivity index (χ0n) is 22.3. The highest BCUT2D eigenvalue weighted by atomic mass is 32.2. The molecule has 6 fully saturated rings. The Labute approximate surface area is 221 Å². The first-order chi connectivity index (χ1) is 17.0. The first-order valence-corrected chi connectivity index (χ1v) is 17.7. The Morgan fingerprint density at radius 2 is 1.64 bits per heavy atom. The molecule has 0 amide bonds. The van der Waals surface area contributed by atoms with Crippen LogP contribution in [0.4, 0.5) is 0 Å². The van der Waals surface area contributed by atoms with E-state index in [0.29, 0.717) is 34.8 Å². The third-order valence-electron chi connectivity index (χ3n) is 11.3. The van der Waals surface area contributed by atoms with Crippen LogP contribution in [0, 0.1) is 28.6 Å². The number of hydrogen-bond acceptors (Lipinski definition) is 5. The van der Waals surface area contributed by atoms with E-state index in [0.717, 1.165) is 35.2 Å². The molecular weight excluding hydrogens is 492 g/mol. The van der Waals surface area contributed by atoms with E-state index in [2.05, 4.69) is 0 Å². The minimum absolute atomic E-state index is 0.0248. The lowest BCUT2D eigenvalue weighted by molar-refractivity contribution is -0.128. The molecule has 0 aromatic carbocycles. The second-order valence-corrected chi connectivity index (χ2v) is 17.5. The molecule has 0 spiro atoms. The van der Waals surface area contributed by atoms with Gasteiger partial charge in [0.2, 0.25) is 0 Å². The van der Waals surface area contributed by atoms with E-state index in [1.165, 1.54) is 77.0 Å². The number of hydrogen-bond donors (Lipinski definition) is 0. The topological polar surface area (TPSA) is 91.3 Å². The Balaban J connectivity index is 0.000000157. The normalized spacial score (nSPS) is 40.8. The molecule has 6 aliphatic carbocycles. The van der Waals surface area contributed by atoms with Crippen molar-refractivity contribution in [3.8, 4) is 0 Å². The van der Waals surface area contributed by atoms with Gasteiger partial charge in [0.05, 0.1) is 15.9 Å². The number of carbonyl (C=O) groups excluding carboxylic acids is 2. The SMILES string of the molecule is CC1(C)C2CCC1(CS(=O)(=O)[O-])C(=O)C2.O=C1CCCCC1[S+](C1CCCCC1)C1CC2CCC1C2. The lowest BCUT2D eigenvalue weighted by Crippen LogP contribution is -2.48. The number of rotatable bonds is 5. The monoisotopic (exact) mass is 538 g/mol. The number of carbonyl (C=O) groups is 2. The zero-order chi connectivity index (χ0) is 25.7. The van der Waals surface area contributed by atoms with Gasteiger partial charge < -0.3 is 4.55 Å². The fourth-order valence-electron chi connectivity index (χ4n) is 9.20. The Hall–Kier alpha value is -0.400. The smallest absolute Gasteiger partial charge is 0.184 e. The van der Waals surface area contributed by atoms with Crippen molar-refractivity contribution in [2.24, 2.45) is 28.6 Å². The first-order valence-electron chi connectivity index (χ1n) is 14.7. The quantitative estimate of drug-likeness (QED) is 0.337. The van der Waals surface area contributed by atoms with Crippen molar-refractivity contribution < 1.29 is 22.6 Å². The molecule has 0 N–H and O–H groups in total. The van der Waals surface area contributed by atoms with Crippen molar-refractivity contribution in [1.82, 2.24) is 0 Å². The average molecular weight is 539 g/mol. The highest BCUT2D eigenvalue weighted by molar-refractivity contribution is 7.99. The van der Waals surface area contributed by atoms with Gasteiger partial charge in [-0.3, -0.25) is 9.59 Å². The van der Waals surface area contributed by atoms with Crippen molar-refractivity contribution in [3.63, 3.8) is 0 Å². The maximum absolute atomic E-state index is 12.6. The van der Waals surface area contributed by atoms with Gasteiger partial charge in [-0.15, -0.1) is 0 Å². The number of Topliss-reactive ketones (excluding diaryl/α,β-unsaturated/α-hetero) is 2. The summed E-state index contributed by atoms with van der Waals surface area (Å²) >= 11 is 0. The molecule has 36 heavy (non-hydrogen) atoms. The fraction of sp³-hybridized carbons (Fsp3) is 0.931.